The number of anilines is 2. The van der Waals surface area contributed by atoms with Crippen LogP contribution in [0.15, 0.2) is 66.7 Å². The average molecular weight is 472 g/mol. The molecule has 3 aromatic rings. The lowest BCUT2D eigenvalue weighted by Crippen LogP contribution is -2.72. The average Bonchev–Trinajstić information content (AvgIpc) is 2.82. The van der Waals surface area contributed by atoms with E-state index in [-0.39, 0.29) is 11.9 Å². The van der Waals surface area contributed by atoms with E-state index < -0.39 is 17.7 Å². The number of carbonyl (C=O) groups excluding carboxylic acids is 2. The maximum absolute atomic E-state index is 13.9. The molecule has 2 N–H and O–H groups in total. The van der Waals surface area contributed by atoms with Crippen molar-refractivity contribution in [2.24, 2.45) is 5.92 Å². The van der Waals surface area contributed by atoms with Gasteiger partial charge in [0, 0.05) is 16.9 Å². The number of para-hydroxylation sites is 2. The van der Waals surface area contributed by atoms with Crippen LogP contribution in [0.1, 0.15) is 36.6 Å². The number of amides is 3. The van der Waals surface area contributed by atoms with E-state index in [9.17, 15) is 9.59 Å². The van der Waals surface area contributed by atoms with E-state index in [0.29, 0.717) is 23.8 Å². The minimum Gasteiger partial charge on any atom is -0.490 e. The molecule has 3 aromatic carbocycles. The van der Waals surface area contributed by atoms with Crippen molar-refractivity contribution in [2.45, 2.75) is 39.5 Å². The topological polar surface area (TPSA) is 79.9 Å². The Morgan fingerprint density at radius 3 is 2.60 bits per heavy atom. The Morgan fingerprint density at radius 2 is 1.89 bits per heavy atom. The third-order valence-corrected chi connectivity index (χ3v) is 6.73. The number of benzene rings is 3. The highest BCUT2D eigenvalue weighted by Crippen LogP contribution is 2.52. The van der Waals surface area contributed by atoms with Crippen LogP contribution in [0.25, 0.3) is 0 Å². The van der Waals surface area contributed by atoms with Crippen LogP contribution in [0.3, 0.4) is 0 Å². The first-order valence-corrected chi connectivity index (χ1v) is 11.8. The van der Waals surface area contributed by atoms with Crippen molar-refractivity contribution in [2.75, 3.05) is 16.8 Å². The zero-order valence-corrected chi connectivity index (χ0v) is 20.3. The van der Waals surface area contributed by atoms with Crippen molar-refractivity contribution >= 4 is 23.3 Å². The van der Waals surface area contributed by atoms with Gasteiger partial charge in [-0.05, 0) is 57.5 Å². The predicted molar refractivity (Wildman–Crippen MR) is 135 cm³/mol. The van der Waals surface area contributed by atoms with Crippen LogP contribution in [-0.4, -0.2) is 24.3 Å². The first-order chi connectivity index (χ1) is 16.8. The molecule has 2 bridgehead atoms. The molecule has 35 heavy (non-hydrogen) atoms. The molecular weight excluding hydrogens is 442 g/mol. The monoisotopic (exact) mass is 471 g/mol. The molecule has 2 aliphatic heterocycles. The predicted octanol–water partition coefficient (Wildman–Crippen LogP) is 5.34. The Morgan fingerprint density at radius 1 is 1.11 bits per heavy atom. The summed E-state index contributed by atoms with van der Waals surface area (Å²) in [5, 5.41) is 6.17. The Labute approximate surface area is 205 Å². The molecule has 0 aliphatic carbocycles. The summed E-state index contributed by atoms with van der Waals surface area (Å²) in [7, 11) is 0. The zero-order chi connectivity index (χ0) is 24.7. The number of fused-ring (bicyclic) bond motifs is 4. The van der Waals surface area contributed by atoms with Crippen LogP contribution in [0, 0.1) is 19.8 Å². The van der Waals surface area contributed by atoms with Crippen molar-refractivity contribution < 1.29 is 19.1 Å². The number of hydrogen-bond acceptors (Lipinski definition) is 4. The summed E-state index contributed by atoms with van der Waals surface area (Å²) in [6.07, 6.45) is 0. The fraction of sp³-hybridized carbons (Fsp3) is 0.286. The molecule has 3 amide bonds. The zero-order valence-electron chi connectivity index (χ0n) is 20.3. The Hall–Kier alpha value is -4.00. The number of nitrogens with one attached hydrogen (secondary N) is 2. The smallest absolute Gasteiger partial charge is 0.325 e. The Bertz CT molecular complexity index is 1290. The molecule has 7 heteroatoms. The maximum Gasteiger partial charge on any atom is 0.325 e. The highest BCUT2D eigenvalue weighted by molar-refractivity contribution is 6.01. The summed E-state index contributed by atoms with van der Waals surface area (Å²) >= 11 is 0. The number of hydrogen-bond donors (Lipinski definition) is 2. The molecule has 180 valence electrons. The van der Waals surface area contributed by atoms with Gasteiger partial charge in [0.25, 0.3) is 0 Å². The van der Waals surface area contributed by atoms with Crippen molar-refractivity contribution in [3.05, 3.63) is 83.4 Å². The standard InChI is InChI=1S/C28H29N3O4/c1-5-34-22-13-9-12-20-24-23(26(32)29-21-15-14-17(2)16-18(21)3)28(4,35-25(20)22)31(27(33)30-24)19-10-7-6-8-11-19/h6-16,23-24H,5H2,1-4H3,(H,29,32)(H,30,33)/t23-,24+,28+/m1/s1. The van der Waals surface area contributed by atoms with Gasteiger partial charge in [-0.1, -0.05) is 48.0 Å². The molecule has 2 aliphatic rings. The summed E-state index contributed by atoms with van der Waals surface area (Å²) in [4.78, 5) is 28.9. The number of nitrogens with zero attached hydrogens (tertiary/aromatic N) is 1. The van der Waals surface area contributed by atoms with E-state index in [0.717, 1.165) is 22.4 Å². The van der Waals surface area contributed by atoms with Crippen LogP contribution < -0.4 is 25.0 Å². The third-order valence-electron chi connectivity index (χ3n) is 6.73. The summed E-state index contributed by atoms with van der Waals surface area (Å²) in [6, 6.07) is 19.8. The molecule has 1 saturated heterocycles. The lowest BCUT2D eigenvalue weighted by Gasteiger charge is -2.54. The highest BCUT2D eigenvalue weighted by atomic mass is 16.5. The van der Waals surface area contributed by atoms with Gasteiger partial charge in [0.2, 0.25) is 11.6 Å². The molecule has 0 saturated carbocycles. The van der Waals surface area contributed by atoms with E-state index in [2.05, 4.69) is 10.6 Å². The van der Waals surface area contributed by atoms with E-state index in [1.165, 1.54) is 4.90 Å². The molecule has 0 unspecified atom stereocenters. The van der Waals surface area contributed by atoms with Crippen molar-refractivity contribution in [3.63, 3.8) is 0 Å². The van der Waals surface area contributed by atoms with Crippen LogP contribution >= 0.6 is 0 Å². The minimum absolute atomic E-state index is 0.238. The largest absolute Gasteiger partial charge is 0.490 e. The first kappa shape index (κ1) is 22.8. The number of aryl methyl sites for hydroxylation is 2. The second kappa shape index (κ2) is 8.65. The fourth-order valence-electron chi connectivity index (χ4n) is 5.17. The van der Waals surface area contributed by atoms with Gasteiger partial charge in [-0.25, -0.2) is 4.79 Å². The molecule has 5 rings (SSSR count). The van der Waals surface area contributed by atoms with Crippen molar-refractivity contribution in [3.8, 4) is 11.5 Å². The Kier molecular flexibility index (Phi) is 5.63. The van der Waals surface area contributed by atoms with Gasteiger partial charge in [0.05, 0.1) is 12.6 Å². The van der Waals surface area contributed by atoms with Gasteiger partial charge in [-0.2, -0.15) is 0 Å². The molecule has 7 nitrogen and oxygen atoms in total. The molecule has 0 spiro atoms. The Balaban J connectivity index is 1.64. The van der Waals surface area contributed by atoms with E-state index in [1.807, 2.05) is 87.5 Å². The normalized spacial score (nSPS) is 22.5. The fourth-order valence-corrected chi connectivity index (χ4v) is 5.17. The highest BCUT2D eigenvalue weighted by Gasteiger charge is 2.60. The number of urea groups is 1. The minimum atomic E-state index is -1.31. The van der Waals surface area contributed by atoms with Gasteiger partial charge < -0.3 is 20.1 Å². The van der Waals surface area contributed by atoms with Crippen molar-refractivity contribution in [1.82, 2.24) is 5.32 Å². The maximum atomic E-state index is 13.9. The molecule has 1 fully saturated rings. The summed E-state index contributed by atoms with van der Waals surface area (Å²) in [5.74, 6) is 0.139. The van der Waals surface area contributed by atoms with Crippen LogP contribution in [0.4, 0.5) is 16.2 Å². The molecular formula is C28H29N3O4. The van der Waals surface area contributed by atoms with Gasteiger partial charge in [0.1, 0.15) is 5.92 Å². The van der Waals surface area contributed by atoms with Crippen LogP contribution in [0.5, 0.6) is 11.5 Å². The molecule has 0 radical (unpaired) electrons. The van der Waals surface area contributed by atoms with E-state index >= 15 is 0 Å². The van der Waals surface area contributed by atoms with Crippen LogP contribution in [0.2, 0.25) is 0 Å². The SMILES string of the molecule is CCOc1cccc2c1O[C@@]1(C)[C@@H](C(=O)Nc3ccc(C)cc3C)[C@H]2NC(=O)N1c1ccccc1. The number of ether oxygens (including phenoxy) is 2. The van der Waals surface area contributed by atoms with E-state index in [4.69, 9.17) is 9.47 Å². The second-order valence-corrected chi connectivity index (χ2v) is 9.15. The lowest BCUT2D eigenvalue weighted by molar-refractivity contribution is -0.131. The molecule has 2 heterocycles. The third kappa shape index (κ3) is 3.77. The molecule has 0 aromatic heterocycles. The number of carbonyl (C=O) groups is 2. The van der Waals surface area contributed by atoms with Crippen LogP contribution in [-0.2, 0) is 4.79 Å². The summed E-state index contributed by atoms with van der Waals surface area (Å²) in [6.45, 7) is 8.14. The number of rotatable bonds is 5. The van der Waals surface area contributed by atoms with Gasteiger partial charge in [0.15, 0.2) is 11.5 Å². The summed E-state index contributed by atoms with van der Waals surface area (Å²) in [5.41, 5.74) is 2.85. The first-order valence-electron chi connectivity index (χ1n) is 11.8. The molecule has 3 atom stereocenters. The summed E-state index contributed by atoms with van der Waals surface area (Å²) < 4.78 is 12.5. The van der Waals surface area contributed by atoms with Gasteiger partial charge in [-0.3, -0.25) is 9.69 Å². The quantitative estimate of drug-likeness (QED) is 0.527. The van der Waals surface area contributed by atoms with Gasteiger partial charge in [-0.15, -0.1) is 0 Å². The van der Waals surface area contributed by atoms with Crippen molar-refractivity contribution in [1.29, 1.82) is 0 Å². The lowest BCUT2D eigenvalue weighted by atomic mass is 9.78. The van der Waals surface area contributed by atoms with Gasteiger partial charge >= 0.3 is 6.03 Å². The second-order valence-electron chi connectivity index (χ2n) is 9.15. The van der Waals surface area contributed by atoms with E-state index in [1.54, 1.807) is 6.92 Å².